The zero-order valence-electron chi connectivity index (χ0n) is 13.8. The second kappa shape index (κ2) is 6.41. The molecule has 3 rings (SSSR count). The first kappa shape index (κ1) is 17.3. The van der Waals surface area contributed by atoms with Crippen molar-refractivity contribution >= 4 is 37.3 Å². The van der Waals surface area contributed by atoms with Crippen LogP contribution >= 0.6 is 11.3 Å². The number of hydrogen-bond acceptors (Lipinski definition) is 6. The Hall–Kier alpha value is -2.52. The Morgan fingerprint density at radius 3 is 2.52 bits per heavy atom. The van der Waals surface area contributed by atoms with E-state index in [9.17, 15) is 13.2 Å². The van der Waals surface area contributed by atoms with Gasteiger partial charge >= 0.3 is 4.87 Å². The standard InChI is InChI=1S/C16H16N2O5S2/c1-18-12-6-4-10(8-14(12)24-16(18)19)17-25(20,21)15-9-11(22-2)5-7-13(15)23-3/h4-9,17H,1-3H3. The number of aryl methyl sites for hydroxylation is 1. The van der Waals surface area contributed by atoms with Gasteiger partial charge in [0.25, 0.3) is 10.0 Å². The van der Waals surface area contributed by atoms with Crippen LogP contribution in [0.4, 0.5) is 5.69 Å². The Morgan fingerprint density at radius 1 is 1.08 bits per heavy atom. The highest BCUT2D eigenvalue weighted by atomic mass is 32.2. The van der Waals surface area contributed by atoms with Crippen LogP contribution in [-0.2, 0) is 17.1 Å². The summed E-state index contributed by atoms with van der Waals surface area (Å²) in [6.07, 6.45) is 0. The molecule has 0 spiro atoms. The second-order valence-electron chi connectivity index (χ2n) is 5.23. The first-order valence-electron chi connectivity index (χ1n) is 7.20. The van der Waals surface area contributed by atoms with Crippen LogP contribution in [0, 0.1) is 0 Å². The molecule has 3 aromatic rings. The minimum Gasteiger partial charge on any atom is -0.497 e. The molecular formula is C16H16N2O5S2. The zero-order chi connectivity index (χ0) is 18.2. The molecule has 0 atom stereocenters. The van der Waals surface area contributed by atoms with E-state index in [4.69, 9.17) is 9.47 Å². The smallest absolute Gasteiger partial charge is 0.307 e. The van der Waals surface area contributed by atoms with Crippen LogP contribution in [-0.4, -0.2) is 27.2 Å². The molecule has 0 saturated carbocycles. The average Bonchev–Trinajstić information content (AvgIpc) is 2.87. The van der Waals surface area contributed by atoms with E-state index in [1.165, 1.54) is 30.9 Å². The first-order chi connectivity index (χ1) is 11.9. The lowest BCUT2D eigenvalue weighted by Gasteiger charge is -2.13. The van der Waals surface area contributed by atoms with Gasteiger partial charge in [-0.2, -0.15) is 0 Å². The molecule has 2 aromatic carbocycles. The predicted molar refractivity (Wildman–Crippen MR) is 97.4 cm³/mol. The second-order valence-corrected chi connectivity index (χ2v) is 7.88. The van der Waals surface area contributed by atoms with Crippen molar-refractivity contribution in [2.75, 3.05) is 18.9 Å². The molecule has 7 nitrogen and oxygen atoms in total. The Balaban J connectivity index is 2.03. The molecule has 25 heavy (non-hydrogen) atoms. The molecule has 1 heterocycles. The quantitative estimate of drug-likeness (QED) is 0.735. The molecule has 0 amide bonds. The number of methoxy groups -OCH3 is 2. The summed E-state index contributed by atoms with van der Waals surface area (Å²) >= 11 is 1.06. The van der Waals surface area contributed by atoms with E-state index in [-0.39, 0.29) is 15.5 Å². The number of nitrogens with one attached hydrogen (secondary N) is 1. The molecule has 0 unspecified atom stereocenters. The topological polar surface area (TPSA) is 86.6 Å². The number of nitrogens with zero attached hydrogens (tertiary/aromatic N) is 1. The molecule has 0 aliphatic rings. The van der Waals surface area contributed by atoms with Gasteiger partial charge in [-0.05, 0) is 30.3 Å². The number of thiazole rings is 1. The van der Waals surface area contributed by atoms with Crippen LogP contribution in [0.25, 0.3) is 10.2 Å². The van der Waals surface area contributed by atoms with Crippen molar-refractivity contribution in [3.63, 3.8) is 0 Å². The van der Waals surface area contributed by atoms with E-state index in [0.29, 0.717) is 16.1 Å². The summed E-state index contributed by atoms with van der Waals surface area (Å²) in [6, 6.07) is 9.48. The number of anilines is 1. The van der Waals surface area contributed by atoms with Crippen LogP contribution in [0.1, 0.15) is 0 Å². The van der Waals surface area contributed by atoms with E-state index in [0.717, 1.165) is 16.9 Å². The highest BCUT2D eigenvalue weighted by Crippen LogP contribution is 2.30. The van der Waals surface area contributed by atoms with Crippen molar-refractivity contribution in [3.8, 4) is 11.5 Å². The lowest BCUT2D eigenvalue weighted by Crippen LogP contribution is -2.14. The largest absolute Gasteiger partial charge is 0.497 e. The van der Waals surface area contributed by atoms with Crippen molar-refractivity contribution in [1.29, 1.82) is 0 Å². The lowest BCUT2D eigenvalue weighted by atomic mass is 10.3. The van der Waals surface area contributed by atoms with Crippen molar-refractivity contribution in [1.82, 2.24) is 4.57 Å². The fourth-order valence-corrected chi connectivity index (χ4v) is 4.56. The van der Waals surface area contributed by atoms with Gasteiger partial charge < -0.3 is 14.0 Å². The maximum atomic E-state index is 12.7. The molecule has 132 valence electrons. The van der Waals surface area contributed by atoms with E-state index in [1.807, 2.05) is 0 Å². The van der Waals surface area contributed by atoms with Crippen LogP contribution in [0.3, 0.4) is 0 Å². The van der Waals surface area contributed by atoms with Gasteiger partial charge in [0.05, 0.1) is 30.1 Å². The van der Waals surface area contributed by atoms with Gasteiger partial charge in [-0.25, -0.2) is 8.42 Å². The fourth-order valence-electron chi connectivity index (χ4n) is 2.40. The summed E-state index contributed by atoms with van der Waals surface area (Å²) in [6.45, 7) is 0. The van der Waals surface area contributed by atoms with E-state index >= 15 is 0 Å². The van der Waals surface area contributed by atoms with Crippen molar-refractivity contribution in [2.45, 2.75) is 4.90 Å². The highest BCUT2D eigenvalue weighted by molar-refractivity contribution is 7.92. The molecule has 1 N–H and O–H groups in total. The third kappa shape index (κ3) is 3.20. The van der Waals surface area contributed by atoms with Gasteiger partial charge in [0.1, 0.15) is 16.4 Å². The third-order valence-corrected chi connectivity index (χ3v) is 6.10. The van der Waals surface area contributed by atoms with Gasteiger partial charge in [0, 0.05) is 13.1 Å². The molecule has 9 heteroatoms. The van der Waals surface area contributed by atoms with E-state index in [2.05, 4.69) is 4.72 Å². The molecule has 0 fully saturated rings. The van der Waals surface area contributed by atoms with E-state index < -0.39 is 10.0 Å². The maximum absolute atomic E-state index is 12.7. The number of ether oxygens (including phenoxy) is 2. The lowest BCUT2D eigenvalue weighted by molar-refractivity contribution is 0.392. The molecule has 0 bridgehead atoms. The SMILES string of the molecule is COc1ccc(OC)c(S(=O)(=O)Nc2ccc3c(c2)sc(=O)n3C)c1. The highest BCUT2D eigenvalue weighted by Gasteiger charge is 2.21. The number of benzene rings is 2. The molecule has 0 saturated heterocycles. The predicted octanol–water partition coefficient (Wildman–Crippen LogP) is 2.42. The molecule has 1 aromatic heterocycles. The van der Waals surface area contributed by atoms with Crippen LogP contribution in [0.15, 0.2) is 46.1 Å². The first-order valence-corrected chi connectivity index (χ1v) is 9.50. The molecule has 0 radical (unpaired) electrons. The van der Waals surface area contributed by atoms with Gasteiger partial charge in [-0.1, -0.05) is 11.3 Å². The molecule has 0 aliphatic heterocycles. The van der Waals surface area contributed by atoms with Crippen LogP contribution < -0.4 is 19.1 Å². The van der Waals surface area contributed by atoms with Gasteiger partial charge in [0.2, 0.25) is 0 Å². The normalized spacial score (nSPS) is 11.5. The summed E-state index contributed by atoms with van der Waals surface area (Å²) in [5.41, 5.74) is 1.11. The summed E-state index contributed by atoms with van der Waals surface area (Å²) in [5, 5.41) is 0. The number of hydrogen-bond donors (Lipinski definition) is 1. The summed E-state index contributed by atoms with van der Waals surface area (Å²) in [4.78, 5) is 11.6. The number of aromatic nitrogens is 1. The summed E-state index contributed by atoms with van der Waals surface area (Å²) < 4.78 is 40.5. The fraction of sp³-hybridized carbons (Fsp3) is 0.188. The van der Waals surface area contributed by atoms with E-state index in [1.54, 1.807) is 31.3 Å². The van der Waals surface area contributed by atoms with Crippen LogP contribution in [0.5, 0.6) is 11.5 Å². The van der Waals surface area contributed by atoms with Crippen molar-refractivity contribution < 1.29 is 17.9 Å². The minimum atomic E-state index is -3.90. The Labute approximate surface area is 148 Å². The average molecular weight is 380 g/mol. The van der Waals surface area contributed by atoms with Crippen molar-refractivity contribution in [3.05, 3.63) is 46.1 Å². The molecular weight excluding hydrogens is 364 g/mol. The number of sulfonamides is 1. The van der Waals surface area contributed by atoms with Gasteiger partial charge in [-0.3, -0.25) is 9.52 Å². The summed E-state index contributed by atoms with van der Waals surface area (Å²) in [7, 11) is 0.629. The van der Waals surface area contributed by atoms with Crippen molar-refractivity contribution in [2.24, 2.45) is 7.05 Å². The number of fused-ring (bicyclic) bond motifs is 1. The zero-order valence-corrected chi connectivity index (χ0v) is 15.4. The third-order valence-electron chi connectivity index (χ3n) is 3.70. The molecule has 0 aliphatic carbocycles. The number of rotatable bonds is 5. The Kier molecular flexibility index (Phi) is 4.44. The maximum Gasteiger partial charge on any atom is 0.307 e. The minimum absolute atomic E-state index is 0.0318. The Bertz CT molecular complexity index is 1100. The Morgan fingerprint density at radius 2 is 1.84 bits per heavy atom. The van der Waals surface area contributed by atoms with Gasteiger partial charge in [-0.15, -0.1) is 0 Å². The van der Waals surface area contributed by atoms with Crippen LogP contribution in [0.2, 0.25) is 0 Å². The summed E-state index contributed by atoms with van der Waals surface area (Å²) in [5.74, 6) is 0.608. The monoisotopic (exact) mass is 380 g/mol. The van der Waals surface area contributed by atoms with Gasteiger partial charge in [0.15, 0.2) is 0 Å².